The number of ether oxygens (including phenoxy) is 5. The van der Waals surface area contributed by atoms with Crippen molar-refractivity contribution in [2.45, 2.75) is 92.1 Å². The predicted molar refractivity (Wildman–Crippen MR) is 112 cm³/mol. The summed E-state index contributed by atoms with van der Waals surface area (Å²) in [5, 5.41) is 100. The molecule has 0 aromatic heterocycles. The van der Waals surface area contributed by atoms with Crippen molar-refractivity contribution in [3.05, 3.63) is 0 Å². The Hall–Kier alpha value is -0.490. The molecule has 38 heavy (non-hydrogen) atoms. The molecule has 0 saturated carbocycles. The maximum Gasteiger partial charge on any atom is 0.469 e. The summed E-state index contributed by atoms with van der Waals surface area (Å²) in [7, 11) is -4.98. The van der Waals surface area contributed by atoms with Crippen molar-refractivity contribution in [1.29, 1.82) is 0 Å². The summed E-state index contributed by atoms with van der Waals surface area (Å²) >= 11 is 0. The second-order valence-corrected chi connectivity index (χ2v) is 10.2. The fourth-order valence-electron chi connectivity index (χ4n) is 4.09. The first-order valence-corrected chi connectivity index (χ1v) is 12.9. The van der Waals surface area contributed by atoms with Gasteiger partial charge in [0.2, 0.25) is 0 Å². The minimum atomic E-state index is -4.98. The maximum absolute atomic E-state index is 10.9. The number of aliphatic hydroxyl groups excluding tert-OH is 10. The third-order valence-corrected chi connectivity index (χ3v) is 6.79. The molecule has 0 amide bonds. The number of phosphoric ester groups is 1. The Labute approximate surface area is 214 Å². The van der Waals surface area contributed by atoms with Gasteiger partial charge in [0.25, 0.3) is 0 Å². The van der Waals surface area contributed by atoms with Gasteiger partial charge in [0, 0.05) is 0 Å². The molecule has 12 N–H and O–H groups in total. The average molecular weight is 584 g/mol. The van der Waals surface area contributed by atoms with Gasteiger partial charge in [0.15, 0.2) is 18.9 Å². The Balaban J connectivity index is 1.64. The molecule has 20 heteroatoms. The van der Waals surface area contributed by atoms with Crippen LogP contribution < -0.4 is 0 Å². The second-order valence-electron chi connectivity index (χ2n) is 8.98. The van der Waals surface area contributed by atoms with E-state index < -0.39 is 120 Å². The molecular formula is C18H33O19P. The molecule has 0 aliphatic carbocycles. The number of rotatable bonds is 9. The van der Waals surface area contributed by atoms with E-state index in [9.17, 15) is 50.5 Å². The van der Waals surface area contributed by atoms with Crippen LogP contribution in [0.1, 0.15) is 0 Å². The normalized spacial score (nSPS) is 48.7. The molecule has 0 bridgehead atoms. The Morgan fingerprint density at radius 1 is 0.605 bits per heavy atom. The van der Waals surface area contributed by atoms with Crippen molar-refractivity contribution >= 4 is 7.82 Å². The largest absolute Gasteiger partial charge is 0.469 e. The van der Waals surface area contributed by atoms with Crippen molar-refractivity contribution < 1.29 is 93.6 Å². The minimum Gasteiger partial charge on any atom is -0.394 e. The lowest BCUT2D eigenvalue weighted by atomic mass is 9.97. The minimum absolute atomic E-state index is 0.733. The highest BCUT2D eigenvalue weighted by Crippen LogP contribution is 2.37. The lowest BCUT2D eigenvalue weighted by Crippen LogP contribution is -2.64. The number of aliphatic hydroxyl groups is 10. The molecule has 0 spiro atoms. The second kappa shape index (κ2) is 13.0. The zero-order valence-corrected chi connectivity index (χ0v) is 20.3. The van der Waals surface area contributed by atoms with E-state index in [-0.39, 0.29) is 0 Å². The Kier molecular flexibility index (Phi) is 11.0. The standard InChI is InChI=1S/C18H33O19P/c19-1-4-7(20)12(25)15(16(28)34-4)37-18-14(27)11(24)8(21)5(36-18)2-32-17-13(26)10(23)9(22)6(35-17)3-33-38(29,30)31/h4-28H,1-3H2,(H2,29,30,31)/t4-,5-,6-,7-,8+,9-,10+,11+,12+,13-,14-,15-,16?,17-,18-/m1/s1. The third kappa shape index (κ3) is 7.22. The van der Waals surface area contributed by atoms with E-state index in [4.69, 9.17) is 38.6 Å². The summed E-state index contributed by atoms with van der Waals surface area (Å²) in [5.41, 5.74) is 0. The van der Waals surface area contributed by atoms with Gasteiger partial charge in [0.05, 0.1) is 19.8 Å². The van der Waals surface area contributed by atoms with Crippen LogP contribution in [0.25, 0.3) is 0 Å². The molecular weight excluding hydrogens is 551 g/mol. The lowest BCUT2D eigenvalue weighted by Gasteiger charge is -2.45. The summed E-state index contributed by atoms with van der Waals surface area (Å²) in [5.74, 6) is 0. The fourth-order valence-corrected chi connectivity index (χ4v) is 4.43. The Morgan fingerprint density at radius 3 is 1.66 bits per heavy atom. The Bertz CT molecular complexity index is 800. The Morgan fingerprint density at radius 2 is 1.11 bits per heavy atom. The van der Waals surface area contributed by atoms with Crippen LogP contribution in [0.15, 0.2) is 0 Å². The first kappa shape index (κ1) is 32.0. The highest BCUT2D eigenvalue weighted by atomic mass is 31.2. The van der Waals surface area contributed by atoms with E-state index in [0.717, 1.165) is 0 Å². The molecule has 15 atom stereocenters. The van der Waals surface area contributed by atoms with Gasteiger partial charge in [-0.25, -0.2) is 4.57 Å². The van der Waals surface area contributed by atoms with Crippen LogP contribution in [0, 0.1) is 0 Å². The monoisotopic (exact) mass is 584 g/mol. The van der Waals surface area contributed by atoms with Crippen molar-refractivity contribution in [2.24, 2.45) is 0 Å². The van der Waals surface area contributed by atoms with Gasteiger partial charge in [-0.1, -0.05) is 0 Å². The topological polar surface area (TPSA) is 315 Å². The first-order chi connectivity index (χ1) is 17.7. The fraction of sp³-hybridized carbons (Fsp3) is 1.00. The van der Waals surface area contributed by atoms with Crippen molar-refractivity contribution in [1.82, 2.24) is 0 Å². The summed E-state index contributed by atoms with van der Waals surface area (Å²) in [6, 6.07) is 0. The SMILES string of the molecule is O=P(O)(O)OC[C@H]1O[C@@H](OC[C@H]2O[C@H](O[C@H]3C(O)O[C@H](CO)[C@@H](O)[C@@H]3O)[C@H](O)[C@@H](O)[C@H]2O)[C@H](O)[C@@H](O)[C@@H]1O. The van der Waals surface area contributed by atoms with Crippen molar-refractivity contribution in [3.63, 3.8) is 0 Å². The van der Waals surface area contributed by atoms with Gasteiger partial charge < -0.3 is 84.5 Å². The van der Waals surface area contributed by atoms with Gasteiger partial charge >= 0.3 is 7.82 Å². The lowest BCUT2D eigenvalue weighted by molar-refractivity contribution is -0.367. The van der Waals surface area contributed by atoms with E-state index in [1.165, 1.54) is 0 Å². The molecule has 3 aliphatic rings. The molecule has 224 valence electrons. The molecule has 1 unspecified atom stereocenters. The van der Waals surface area contributed by atoms with E-state index >= 15 is 0 Å². The van der Waals surface area contributed by atoms with Crippen LogP contribution in [0.3, 0.4) is 0 Å². The average Bonchev–Trinajstić information content (AvgIpc) is 2.86. The third-order valence-electron chi connectivity index (χ3n) is 6.30. The van der Waals surface area contributed by atoms with Crippen LogP contribution in [0.2, 0.25) is 0 Å². The van der Waals surface area contributed by atoms with E-state index in [1.807, 2.05) is 0 Å². The quantitative estimate of drug-likeness (QED) is 0.112. The molecule has 3 heterocycles. The summed E-state index contributed by atoms with van der Waals surface area (Å²) in [4.78, 5) is 17.7. The molecule has 19 nitrogen and oxygen atoms in total. The van der Waals surface area contributed by atoms with E-state index in [1.54, 1.807) is 0 Å². The summed E-state index contributed by atoms with van der Waals surface area (Å²) < 4.78 is 41.2. The highest BCUT2D eigenvalue weighted by molar-refractivity contribution is 7.46. The molecule has 3 aliphatic heterocycles. The summed E-state index contributed by atoms with van der Waals surface area (Å²) in [6.07, 6.45) is -26.7. The van der Waals surface area contributed by atoms with Crippen LogP contribution in [0.5, 0.6) is 0 Å². The summed E-state index contributed by atoms with van der Waals surface area (Å²) in [6.45, 7) is -2.39. The molecule has 0 aromatic carbocycles. The molecule has 3 fully saturated rings. The van der Waals surface area contributed by atoms with Crippen LogP contribution in [-0.2, 0) is 32.8 Å². The van der Waals surface area contributed by atoms with Gasteiger partial charge in [0.1, 0.15) is 73.2 Å². The van der Waals surface area contributed by atoms with Crippen molar-refractivity contribution in [2.75, 3.05) is 19.8 Å². The molecule has 3 saturated heterocycles. The van der Waals surface area contributed by atoms with Gasteiger partial charge in [-0.3, -0.25) is 4.52 Å². The van der Waals surface area contributed by atoms with Crippen LogP contribution in [0.4, 0.5) is 0 Å². The van der Waals surface area contributed by atoms with E-state index in [2.05, 4.69) is 4.52 Å². The maximum atomic E-state index is 10.9. The highest BCUT2D eigenvalue weighted by Gasteiger charge is 2.51. The molecule has 0 radical (unpaired) electrons. The number of hydrogen-bond donors (Lipinski definition) is 12. The number of phosphoric acid groups is 1. The molecule has 3 rings (SSSR count). The smallest absolute Gasteiger partial charge is 0.394 e. The number of hydrogen-bond acceptors (Lipinski definition) is 17. The van der Waals surface area contributed by atoms with E-state index in [0.29, 0.717) is 0 Å². The predicted octanol–water partition coefficient (Wildman–Crippen LogP) is -7.46. The van der Waals surface area contributed by atoms with Gasteiger partial charge in [-0.05, 0) is 0 Å². The zero-order chi connectivity index (χ0) is 28.5. The molecule has 0 aromatic rings. The van der Waals surface area contributed by atoms with Gasteiger partial charge in [-0.2, -0.15) is 0 Å². The van der Waals surface area contributed by atoms with Crippen molar-refractivity contribution in [3.8, 4) is 0 Å². The van der Waals surface area contributed by atoms with Crippen LogP contribution >= 0.6 is 7.82 Å². The van der Waals surface area contributed by atoms with Crippen LogP contribution in [-0.4, -0.2) is 173 Å². The first-order valence-electron chi connectivity index (χ1n) is 11.3. The van der Waals surface area contributed by atoms with Gasteiger partial charge in [-0.15, -0.1) is 0 Å². The zero-order valence-electron chi connectivity index (χ0n) is 19.5.